The normalized spacial score (nSPS) is 13.4. The van der Waals surface area contributed by atoms with Crippen molar-refractivity contribution in [2.24, 2.45) is 0 Å². The summed E-state index contributed by atoms with van der Waals surface area (Å²) in [6.07, 6.45) is -3.41. The molecular weight excluding hydrogens is 489 g/mol. The van der Waals surface area contributed by atoms with Crippen LogP contribution in [-0.4, -0.2) is 19.5 Å². The van der Waals surface area contributed by atoms with Gasteiger partial charge >= 0.3 is 6.18 Å². The van der Waals surface area contributed by atoms with E-state index >= 15 is 0 Å². The predicted molar refractivity (Wildman–Crippen MR) is 142 cm³/mol. The fourth-order valence-electron chi connectivity index (χ4n) is 4.73. The number of anilines is 1. The Morgan fingerprint density at radius 1 is 0.947 bits per heavy atom. The number of aromatic nitrogens is 4. The zero-order valence-corrected chi connectivity index (χ0v) is 21.9. The maximum Gasteiger partial charge on any atom is 0.434 e. The summed E-state index contributed by atoms with van der Waals surface area (Å²) in [4.78, 5) is 13.7. The Kier molecular flexibility index (Phi) is 6.96. The van der Waals surface area contributed by atoms with Crippen molar-refractivity contribution < 1.29 is 13.2 Å². The monoisotopic (exact) mass is 520 g/mol. The first-order valence-corrected chi connectivity index (χ1v) is 12.8. The van der Waals surface area contributed by atoms with Crippen LogP contribution < -0.4 is 10.6 Å². The molecule has 6 nitrogen and oxygen atoms in total. The lowest BCUT2D eigenvalue weighted by atomic mass is 9.96. The van der Waals surface area contributed by atoms with E-state index < -0.39 is 11.9 Å². The summed E-state index contributed by atoms with van der Waals surface area (Å²) < 4.78 is 41.4. The highest BCUT2D eigenvalue weighted by Crippen LogP contribution is 2.33. The van der Waals surface area contributed by atoms with Gasteiger partial charge in [-0.05, 0) is 30.9 Å². The fourth-order valence-corrected chi connectivity index (χ4v) is 4.73. The molecule has 0 fully saturated rings. The van der Waals surface area contributed by atoms with Crippen LogP contribution in [0.4, 0.5) is 19.0 Å². The summed E-state index contributed by atoms with van der Waals surface area (Å²) in [5.41, 5.74) is 5.02. The van der Waals surface area contributed by atoms with E-state index in [0.29, 0.717) is 42.8 Å². The van der Waals surface area contributed by atoms with Crippen molar-refractivity contribution in [1.82, 2.24) is 24.8 Å². The zero-order chi connectivity index (χ0) is 27.0. The molecule has 0 bridgehead atoms. The third-order valence-corrected chi connectivity index (χ3v) is 6.76. The molecule has 0 unspecified atom stereocenters. The second-order valence-electron chi connectivity index (χ2n) is 10.2. The van der Waals surface area contributed by atoms with E-state index in [1.54, 1.807) is 4.57 Å². The molecule has 3 heterocycles. The summed E-state index contributed by atoms with van der Waals surface area (Å²) >= 11 is 0. The Bertz CT molecular complexity index is 1440. The highest BCUT2D eigenvalue weighted by atomic mass is 19.4. The Hall–Kier alpha value is -3.72. The van der Waals surface area contributed by atoms with Gasteiger partial charge in [-0.25, -0.2) is 15.0 Å². The third-order valence-electron chi connectivity index (χ3n) is 6.76. The Labute approximate surface area is 220 Å². The molecule has 0 aliphatic carbocycles. The second kappa shape index (κ2) is 10.2. The van der Waals surface area contributed by atoms with Crippen LogP contribution in [0.15, 0.2) is 54.7 Å². The number of benzene rings is 2. The SMILES string of the molecule is CC(C)c1ccccc1-c1nc2c(c(NCc3ccc(-c4nc(C(F)(F)F)cn4C(C)C)cc3)n1)CNC2. The molecule has 0 radical (unpaired) electrons. The number of hydrogen-bond acceptors (Lipinski definition) is 5. The molecule has 1 aliphatic rings. The van der Waals surface area contributed by atoms with E-state index in [9.17, 15) is 13.2 Å². The van der Waals surface area contributed by atoms with Gasteiger partial charge in [0.25, 0.3) is 0 Å². The average Bonchev–Trinajstić information content (AvgIpc) is 3.55. The van der Waals surface area contributed by atoms with Gasteiger partial charge in [0, 0.05) is 48.6 Å². The summed E-state index contributed by atoms with van der Waals surface area (Å²) in [6.45, 7) is 9.91. The minimum absolute atomic E-state index is 0.154. The summed E-state index contributed by atoms with van der Waals surface area (Å²) in [6, 6.07) is 15.5. The lowest BCUT2D eigenvalue weighted by molar-refractivity contribution is -0.140. The van der Waals surface area contributed by atoms with Gasteiger partial charge in [0.05, 0.1) is 5.69 Å². The fraction of sp³-hybridized carbons (Fsp3) is 0.345. The number of halogens is 3. The van der Waals surface area contributed by atoms with Gasteiger partial charge < -0.3 is 15.2 Å². The highest BCUT2D eigenvalue weighted by Gasteiger charge is 2.35. The molecule has 5 rings (SSSR count). The molecular formula is C29H31F3N6. The Morgan fingerprint density at radius 3 is 2.37 bits per heavy atom. The van der Waals surface area contributed by atoms with Crippen LogP contribution in [0.25, 0.3) is 22.8 Å². The molecule has 2 aromatic carbocycles. The van der Waals surface area contributed by atoms with Crippen LogP contribution in [0.1, 0.15) is 67.7 Å². The lowest BCUT2D eigenvalue weighted by Crippen LogP contribution is -2.08. The molecule has 2 N–H and O–H groups in total. The van der Waals surface area contributed by atoms with Crippen molar-refractivity contribution in [3.8, 4) is 22.8 Å². The van der Waals surface area contributed by atoms with Gasteiger partial charge in [-0.15, -0.1) is 0 Å². The second-order valence-corrected chi connectivity index (χ2v) is 10.2. The van der Waals surface area contributed by atoms with Crippen LogP contribution in [-0.2, 0) is 25.8 Å². The van der Waals surface area contributed by atoms with Gasteiger partial charge in [-0.3, -0.25) is 0 Å². The molecule has 9 heteroatoms. The molecule has 2 aromatic heterocycles. The molecule has 1 aliphatic heterocycles. The van der Waals surface area contributed by atoms with Crippen LogP contribution in [0.3, 0.4) is 0 Å². The summed E-state index contributed by atoms with van der Waals surface area (Å²) in [5, 5.41) is 6.84. The first-order valence-electron chi connectivity index (χ1n) is 12.8. The number of fused-ring (bicyclic) bond motifs is 1. The smallest absolute Gasteiger partial charge is 0.366 e. The van der Waals surface area contributed by atoms with E-state index in [0.717, 1.165) is 34.4 Å². The topological polar surface area (TPSA) is 67.7 Å². The zero-order valence-electron chi connectivity index (χ0n) is 21.9. The maximum atomic E-state index is 13.3. The molecule has 198 valence electrons. The quantitative estimate of drug-likeness (QED) is 0.276. The summed E-state index contributed by atoms with van der Waals surface area (Å²) in [5.74, 6) is 2.15. The largest absolute Gasteiger partial charge is 0.434 e. The number of alkyl halides is 3. The predicted octanol–water partition coefficient (Wildman–Crippen LogP) is 6.95. The van der Waals surface area contributed by atoms with Crippen LogP contribution in [0.2, 0.25) is 0 Å². The van der Waals surface area contributed by atoms with Crippen molar-refractivity contribution in [1.29, 1.82) is 0 Å². The first kappa shape index (κ1) is 25.9. The number of hydrogen-bond donors (Lipinski definition) is 2. The van der Waals surface area contributed by atoms with Crippen molar-refractivity contribution in [2.45, 2.75) is 65.5 Å². The number of nitrogens with zero attached hydrogens (tertiary/aromatic N) is 4. The molecule has 0 spiro atoms. The highest BCUT2D eigenvalue weighted by molar-refractivity contribution is 5.65. The Morgan fingerprint density at radius 2 is 1.68 bits per heavy atom. The van der Waals surface area contributed by atoms with E-state index in [4.69, 9.17) is 9.97 Å². The van der Waals surface area contributed by atoms with Crippen LogP contribution in [0, 0.1) is 0 Å². The Balaban J connectivity index is 1.40. The molecule has 0 saturated carbocycles. The molecule has 4 aromatic rings. The van der Waals surface area contributed by atoms with Crippen molar-refractivity contribution in [3.05, 3.63) is 82.8 Å². The number of rotatable bonds is 7. The molecule has 0 saturated heterocycles. The van der Waals surface area contributed by atoms with E-state index in [2.05, 4.69) is 41.6 Å². The summed E-state index contributed by atoms with van der Waals surface area (Å²) in [7, 11) is 0. The van der Waals surface area contributed by atoms with Gasteiger partial charge in [-0.2, -0.15) is 13.2 Å². The third kappa shape index (κ3) is 5.15. The average molecular weight is 521 g/mol. The molecule has 0 amide bonds. The van der Waals surface area contributed by atoms with Crippen LogP contribution >= 0.6 is 0 Å². The van der Waals surface area contributed by atoms with Crippen LogP contribution in [0.5, 0.6) is 0 Å². The minimum Gasteiger partial charge on any atom is -0.366 e. The van der Waals surface area contributed by atoms with E-state index in [1.165, 1.54) is 5.56 Å². The first-order chi connectivity index (χ1) is 18.1. The maximum absolute atomic E-state index is 13.3. The van der Waals surface area contributed by atoms with Gasteiger partial charge in [-0.1, -0.05) is 62.4 Å². The number of nitrogens with one attached hydrogen (secondary N) is 2. The molecule has 38 heavy (non-hydrogen) atoms. The van der Waals surface area contributed by atoms with E-state index in [1.807, 2.05) is 50.2 Å². The van der Waals surface area contributed by atoms with Crippen molar-refractivity contribution in [3.63, 3.8) is 0 Å². The van der Waals surface area contributed by atoms with E-state index in [-0.39, 0.29) is 6.04 Å². The lowest BCUT2D eigenvalue weighted by Gasteiger charge is -2.15. The van der Waals surface area contributed by atoms with Gasteiger partial charge in [0.1, 0.15) is 11.6 Å². The molecule has 0 atom stereocenters. The van der Waals surface area contributed by atoms with Crippen molar-refractivity contribution >= 4 is 5.82 Å². The number of imidazole rings is 1. The van der Waals surface area contributed by atoms with Crippen molar-refractivity contribution in [2.75, 3.05) is 5.32 Å². The standard InChI is InChI=1S/C29H31F3N6/c1-17(2)21-7-5-6-8-22(21)27-35-24-15-33-14-23(24)26(37-27)34-13-19-9-11-20(12-10-19)28-36-25(29(30,31)32)16-38(28)18(3)4/h5-12,16-18,33H,13-15H2,1-4H3,(H,34,35,37). The minimum atomic E-state index is -4.49. The van der Waals surface area contributed by atoms with Gasteiger partial charge in [0.15, 0.2) is 11.5 Å². The van der Waals surface area contributed by atoms with Gasteiger partial charge in [0.2, 0.25) is 0 Å².